The predicted octanol–water partition coefficient (Wildman–Crippen LogP) is 2.59. The van der Waals surface area contributed by atoms with Crippen molar-refractivity contribution in [3.05, 3.63) is 59.7 Å². The summed E-state index contributed by atoms with van der Waals surface area (Å²) < 4.78 is 5.53. The molecule has 3 rings (SSSR count). The molecule has 0 bridgehead atoms. The van der Waals surface area contributed by atoms with Crippen LogP contribution >= 0.6 is 24.0 Å². The summed E-state index contributed by atoms with van der Waals surface area (Å²) in [6.45, 7) is 1.67. The first-order valence-electron chi connectivity index (χ1n) is 8.78. The lowest BCUT2D eigenvalue weighted by atomic mass is 10.1. The van der Waals surface area contributed by atoms with E-state index in [1.807, 2.05) is 36.4 Å². The molecule has 1 aliphatic rings. The maximum atomic E-state index is 12.0. The Labute approximate surface area is 176 Å². The Morgan fingerprint density at radius 3 is 2.74 bits per heavy atom. The molecule has 27 heavy (non-hydrogen) atoms. The van der Waals surface area contributed by atoms with Crippen LogP contribution in [0.15, 0.2) is 53.5 Å². The van der Waals surface area contributed by atoms with E-state index in [0.717, 1.165) is 37.4 Å². The van der Waals surface area contributed by atoms with Crippen molar-refractivity contribution in [2.45, 2.75) is 12.8 Å². The molecular formula is C20H25IN4O2. The average Bonchev–Trinajstić information content (AvgIpc) is 3.13. The third-order valence-electron chi connectivity index (χ3n) is 4.16. The molecule has 0 fully saturated rings. The van der Waals surface area contributed by atoms with Crippen molar-refractivity contribution in [1.82, 2.24) is 10.6 Å². The van der Waals surface area contributed by atoms with E-state index >= 15 is 0 Å². The third-order valence-corrected chi connectivity index (χ3v) is 4.16. The number of carbonyl (C=O) groups is 1. The monoisotopic (exact) mass is 480 g/mol. The van der Waals surface area contributed by atoms with Crippen LogP contribution in [-0.2, 0) is 17.6 Å². The lowest BCUT2D eigenvalue weighted by molar-refractivity contribution is -0.115. The Kier molecular flexibility index (Phi) is 8.38. The Hall–Kier alpha value is -2.29. The van der Waals surface area contributed by atoms with E-state index in [0.29, 0.717) is 5.96 Å². The van der Waals surface area contributed by atoms with E-state index in [1.165, 1.54) is 11.1 Å². The summed E-state index contributed by atoms with van der Waals surface area (Å²) in [5.74, 6) is 1.50. The summed E-state index contributed by atoms with van der Waals surface area (Å²) in [4.78, 5) is 16.1. The zero-order valence-corrected chi connectivity index (χ0v) is 17.7. The van der Waals surface area contributed by atoms with Gasteiger partial charge in [-0.05, 0) is 35.7 Å². The summed E-state index contributed by atoms with van der Waals surface area (Å²) in [7, 11) is 1.69. The van der Waals surface area contributed by atoms with E-state index in [-0.39, 0.29) is 36.4 Å². The summed E-state index contributed by atoms with van der Waals surface area (Å²) in [6.07, 6.45) is 1.86. The molecule has 1 aliphatic heterocycles. The average molecular weight is 480 g/mol. The Morgan fingerprint density at radius 1 is 1.15 bits per heavy atom. The highest BCUT2D eigenvalue weighted by molar-refractivity contribution is 14.0. The largest absolute Gasteiger partial charge is 0.493 e. The quantitative estimate of drug-likeness (QED) is 0.338. The van der Waals surface area contributed by atoms with Crippen molar-refractivity contribution in [3.63, 3.8) is 0 Å². The number of hydrogen-bond donors (Lipinski definition) is 3. The molecule has 7 heteroatoms. The number of rotatable bonds is 6. The Balaban J connectivity index is 0.00000261. The number of guanidine groups is 1. The van der Waals surface area contributed by atoms with Gasteiger partial charge >= 0.3 is 0 Å². The second-order valence-electron chi connectivity index (χ2n) is 6.06. The molecule has 144 valence electrons. The van der Waals surface area contributed by atoms with Crippen LogP contribution in [0.3, 0.4) is 0 Å². The number of para-hydroxylation sites is 1. The fourth-order valence-corrected chi connectivity index (χ4v) is 2.83. The van der Waals surface area contributed by atoms with Crippen LogP contribution in [0.5, 0.6) is 5.75 Å². The van der Waals surface area contributed by atoms with Crippen LogP contribution < -0.4 is 20.7 Å². The van der Waals surface area contributed by atoms with Crippen LogP contribution in [0.2, 0.25) is 0 Å². The van der Waals surface area contributed by atoms with Crippen molar-refractivity contribution >= 4 is 41.5 Å². The van der Waals surface area contributed by atoms with Gasteiger partial charge in [0.25, 0.3) is 0 Å². The van der Waals surface area contributed by atoms with E-state index in [9.17, 15) is 4.79 Å². The van der Waals surface area contributed by atoms with Crippen molar-refractivity contribution in [1.29, 1.82) is 0 Å². The van der Waals surface area contributed by atoms with Gasteiger partial charge in [-0.1, -0.05) is 30.3 Å². The van der Waals surface area contributed by atoms with Crippen LogP contribution in [0, 0.1) is 0 Å². The molecule has 0 aliphatic carbocycles. The van der Waals surface area contributed by atoms with Crippen molar-refractivity contribution in [2.24, 2.45) is 4.99 Å². The normalized spacial score (nSPS) is 12.4. The highest BCUT2D eigenvalue weighted by Crippen LogP contribution is 2.25. The standard InChI is InChI=1S/C20H24N4O2.HI/c1-21-20(23-14-19(25)24-17-5-3-2-4-6-17)22-11-9-15-7-8-18-16(13-15)10-12-26-18;/h2-8,13H,9-12,14H2,1H3,(H,24,25)(H2,21,22,23);1H. The van der Waals surface area contributed by atoms with Gasteiger partial charge in [-0.2, -0.15) is 0 Å². The number of benzene rings is 2. The molecule has 1 heterocycles. The summed E-state index contributed by atoms with van der Waals surface area (Å²) >= 11 is 0. The van der Waals surface area contributed by atoms with Gasteiger partial charge in [-0.15, -0.1) is 24.0 Å². The van der Waals surface area contributed by atoms with E-state index < -0.39 is 0 Å². The van der Waals surface area contributed by atoms with Gasteiger partial charge < -0.3 is 20.7 Å². The molecule has 0 unspecified atom stereocenters. The molecule has 1 amide bonds. The third kappa shape index (κ3) is 6.42. The number of nitrogens with one attached hydrogen (secondary N) is 3. The second kappa shape index (κ2) is 10.8. The van der Waals surface area contributed by atoms with Crippen molar-refractivity contribution in [2.75, 3.05) is 32.1 Å². The number of aliphatic imine (C=N–C) groups is 1. The number of fused-ring (bicyclic) bond motifs is 1. The number of carbonyl (C=O) groups excluding carboxylic acids is 1. The highest BCUT2D eigenvalue weighted by atomic mass is 127. The molecule has 0 atom stereocenters. The van der Waals surface area contributed by atoms with Crippen LogP contribution in [0.1, 0.15) is 11.1 Å². The minimum absolute atomic E-state index is 0. The van der Waals surface area contributed by atoms with E-state index in [2.05, 4.69) is 33.1 Å². The number of hydrogen-bond acceptors (Lipinski definition) is 3. The summed E-state index contributed by atoms with van der Waals surface area (Å²) in [5.41, 5.74) is 3.32. The number of halogens is 1. The Morgan fingerprint density at radius 2 is 1.96 bits per heavy atom. The zero-order chi connectivity index (χ0) is 18.2. The van der Waals surface area contributed by atoms with Gasteiger partial charge in [-0.25, -0.2) is 0 Å². The topological polar surface area (TPSA) is 74.8 Å². The number of ether oxygens (including phenoxy) is 1. The maximum absolute atomic E-state index is 12.0. The minimum Gasteiger partial charge on any atom is -0.493 e. The molecule has 2 aromatic carbocycles. The first kappa shape index (κ1) is 21.0. The van der Waals surface area contributed by atoms with Gasteiger partial charge in [0, 0.05) is 25.7 Å². The SMILES string of the molecule is CN=C(NCCc1ccc2c(c1)CCO2)NCC(=O)Nc1ccccc1.I. The molecule has 0 radical (unpaired) electrons. The number of anilines is 1. The first-order valence-corrected chi connectivity index (χ1v) is 8.78. The van der Waals surface area contributed by atoms with Gasteiger partial charge in [0.1, 0.15) is 5.75 Å². The van der Waals surface area contributed by atoms with Gasteiger partial charge in [-0.3, -0.25) is 9.79 Å². The predicted molar refractivity (Wildman–Crippen MR) is 119 cm³/mol. The molecule has 6 nitrogen and oxygen atoms in total. The van der Waals surface area contributed by atoms with Crippen molar-refractivity contribution < 1.29 is 9.53 Å². The van der Waals surface area contributed by atoms with E-state index in [1.54, 1.807) is 7.05 Å². The zero-order valence-electron chi connectivity index (χ0n) is 15.3. The fourth-order valence-electron chi connectivity index (χ4n) is 2.83. The molecule has 3 N–H and O–H groups in total. The number of amides is 1. The maximum Gasteiger partial charge on any atom is 0.243 e. The lowest BCUT2D eigenvalue weighted by Gasteiger charge is -2.12. The fraction of sp³-hybridized carbons (Fsp3) is 0.300. The lowest BCUT2D eigenvalue weighted by Crippen LogP contribution is -2.42. The smallest absolute Gasteiger partial charge is 0.243 e. The molecule has 0 aromatic heterocycles. The second-order valence-corrected chi connectivity index (χ2v) is 6.06. The molecule has 0 spiro atoms. The molecule has 0 saturated carbocycles. The minimum atomic E-state index is -0.113. The van der Waals surface area contributed by atoms with Crippen LogP contribution in [0.25, 0.3) is 0 Å². The summed E-state index contributed by atoms with van der Waals surface area (Å²) in [6, 6.07) is 15.7. The summed E-state index contributed by atoms with van der Waals surface area (Å²) in [5, 5.41) is 9.09. The van der Waals surface area contributed by atoms with Gasteiger partial charge in [0.05, 0.1) is 13.2 Å². The van der Waals surface area contributed by atoms with Gasteiger partial charge in [0.15, 0.2) is 5.96 Å². The van der Waals surface area contributed by atoms with Crippen LogP contribution in [0.4, 0.5) is 5.69 Å². The molecule has 2 aromatic rings. The first-order chi connectivity index (χ1) is 12.7. The number of nitrogens with zero attached hydrogens (tertiary/aromatic N) is 1. The molecular weight excluding hydrogens is 455 g/mol. The highest BCUT2D eigenvalue weighted by Gasteiger charge is 2.11. The van der Waals surface area contributed by atoms with Gasteiger partial charge in [0.2, 0.25) is 5.91 Å². The van der Waals surface area contributed by atoms with Crippen molar-refractivity contribution in [3.8, 4) is 5.75 Å². The van der Waals surface area contributed by atoms with E-state index in [4.69, 9.17) is 4.74 Å². The van der Waals surface area contributed by atoms with Crippen LogP contribution in [-0.4, -0.2) is 38.6 Å². The Bertz CT molecular complexity index is 781. The molecule has 0 saturated heterocycles.